The summed E-state index contributed by atoms with van der Waals surface area (Å²) in [5.41, 5.74) is 6.90. The smallest absolute Gasteiger partial charge is 0.280 e. The van der Waals surface area contributed by atoms with Crippen LogP contribution in [0.4, 0.5) is 11.6 Å². The van der Waals surface area contributed by atoms with Crippen LogP contribution in [0.3, 0.4) is 0 Å². The molecule has 29 heavy (non-hydrogen) atoms. The second-order valence-corrected chi connectivity index (χ2v) is 6.97. The van der Waals surface area contributed by atoms with Gasteiger partial charge >= 0.3 is 0 Å². The third kappa shape index (κ3) is 5.26. The van der Waals surface area contributed by atoms with E-state index in [4.69, 9.17) is 17.3 Å². The van der Waals surface area contributed by atoms with Gasteiger partial charge in [-0.05, 0) is 37.0 Å². The summed E-state index contributed by atoms with van der Waals surface area (Å²) in [6.45, 7) is 2.16. The number of nitrogens with one attached hydrogen (secondary N) is 2. The van der Waals surface area contributed by atoms with E-state index in [0.29, 0.717) is 12.5 Å². The predicted molar refractivity (Wildman–Crippen MR) is 113 cm³/mol. The van der Waals surface area contributed by atoms with Crippen molar-refractivity contribution in [3.05, 3.63) is 40.7 Å². The molecule has 5 N–H and O–H groups in total. The van der Waals surface area contributed by atoms with Crippen molar-refractivity contribution in [2.45, 2.75) is 19.3 Å². The van der Waals surface area contributed by atoms with E-state index in [9.17, 15) is 9.90 Å². The number of aromatic nitrogens is 2. The van der Waals surface area contributed by atoms with Gasteiger partial charge < -0.3 is 21.1 Å². The van der Waals surface area contributed by atoms with Crippen LogP contribution in [-0.2, 0) is 6.42 Å². The van der Waals surface area contributed by atoms with Crippen molar-refractivity contribution in [3.8, 4) is 5.75 Å². The van der Waals surface area contributed by atoms with Crippen molar-refractivity contribution in [1.29, 1.82) is 0 Å². The molecule has 2 aromatic rings. The van der Waals surface area contributed by atoms with Crippen molar-refractivity contribution in [1.82, 2.24) is 20.2 Å². The number of unbranched alkanes of at least 4 members (excludes halogenated alkanes) is 1. The minimum absolute atomic E-state index is 0.0198. The molecule has 0 unspecified atom stereocenters. The van der Waals surface area contributed by atoms with E-state index in [2.05, 4.69) is 25.6 Å². The summed E-state index contributed by atoms with van der Waals surface area (Å²) in [5.74, 6) is 0.662. The van der Waals surface area contributed by atoms with E-state index in [1.165, 1.54) is 5.56 Å². The van der Waals surface area contributed by atoms with E-state index in [1.54, 1.807) is 19.2 Å². The van der Waals surface area contributed by atoms with Crippen molar-refractivity contribution >= 4 is 35.1 Å². The monoisotopic (exact) mass is 417 g/mol. The van der Waals surface area contributed by atoms with Crippen LogP contribution >= 0.6 is 11.6 Å². The highest BCUT2D eigenvalue weighted by molar-refractivity contribution is 6.31. The van der Waals surface area contributed by atoms with Crippen LogP contribution in [0.25, 0.3) is 0 Å². The molecule has 1 aliphatic rings. The van der Waals surface area contributed by atoms with E-state index >= 15 is 0 Å². The number of hydrogen-bond acceptors (Lipinski definition) is 8. The Morgan fingerprint density at radius 2 is 2.03 bits per heavy atom. The first-order valence-corrected chi connectivity index (χ1v) is 9.75. The standard InChI is InChI=1S/C19H24ClN7O2/c1-22-17-14(24-15(20)16(21)25-17)18(29)26-19-23-9-11-27(19)10-3-2-4-12-5-7-13(28)8-6-12/h5-8,28H,2-4,9-11H2,1H3,(H3,21,22,25)(H,23,26,29). The second kappa shape index (κ2) is 9.42. The fourth-order valence-corrected chi connectivity index (χ4v) is 3.16. The summed E-state index contributed by atoms with van der Waals surface area (Å²) in [5, 5.41) is 14.9. The number of aryl methyl sites for hydroxylation is 1. The number of carbonyl (C=O) groups excluding carboxylic acids is 1. The number of phenols is 1. The zero-order valence-corrected chi connectivity index (χ0v) is 16.9. The Morgan fingerprint density at radius 3 is 2.76 bits per heavy atom. The van der Waals surface area contributed by atoms with Crippen molar-refractivity contribution < 1.29 is 9.90 Å². The second-order valence-electron chi connectivity index (χ2n) is 6.62. The Kier molecular flexibility index (Phi) is 6.71. The van der Waals surface area contributed by atoms with Crippen LogP contribution < -0.4 is 16.4 Å². The lowest BCUT2D eigenvalue weighted by Crippen LogP contribution is -2.42. The van der Waals surface area contributed by atoms with Crippen molar-refractivity contribution in [2.24, 2.45) is 4.99 Å². The number of halogens is 1. The first kappa shape index (κ1) is 20.7. The van der Waals surface area contributed by atoms with Crippen LogP contribution in [-0.4, -0.2) is 58.5 Å². The molecule has 0 atom stereocenters. The highest BCUT2D eigenvalue weighted by Gasteiger charge is 2.23. The number of anilines is 2. The van der Waals surface area contributed by atoms with Crippen molar-refractivity contribution in [3.63, 3.8) is 0 Å². The first-order chi connectivity index (χ1) is 14.0. The summed E-state index contributed by atoms with van der Waals surface area (Å²) in [4.78, 5) is 27.2. The minimum Gasteiger partial charge on any atom is -0.508 e. The van der Waals surface area contributed by atoms with E-state index in [-0.39, 0.29) is 28.2 Å². The fourth-order valence-electron chi connectivity index (χ4n) is 3.03. The molecule has 154 valence electrons. The molecule has 1 aromatic carbocycles. The number of benzene rings is 1. The number of nitrogens with two attached hydrogens (primary N) is 1. The maximum atomic E-state index is 12.7. The van der Waals surface area contributed by atoms with Crippen LogP contribution in [0, 0.1) is 0 Å². The maximum Gasteiger partial charge on any atom is 0.280 e. The number of aliphatic imine (C=N–C) groups is 1. The van der Waals surface area contributed by atoms with Gasteiger partial charge in [0.05, 0.1) is 6.54 Å². The summed E-state index contributed by atoms with van der Waals surface area (Å²) in [6.07, 6.45) is 2.87. The molecule has 9 nitrogen and oxygen atoms in total. The van der Waals surface area contributed by atoms with Gasteiger partial charge in [0, 0.05) is 20.1 Å². The number of aromatic hydroxyl groups is 1. The summed E-state index contributed by atoms with van der Waals surface area (Å²) in [6, 6.07) is 7.25. The van der Waals surface area contributed by atoms with E-state index < -0.39 is 5.91 Å². The molecule has 1 aliphatic heterocycles. The Labute approximate surface area is 174 Å². The normalized spacial score (nSPS) is 13.3. The number of hydrogen-bond donors (Lipinski definition) is 4. The molecular formula is C19H24ClN7O2. The van der Waals surface area contributed by atoms with Crippen molar-refractivity contribution in [2.75, 3.05) is 37.7 Å². The number of phenolic OH excluding ortho intramolecular Hbond substituents is 1. The molecule has 0 aliphatic carbocycles. The lowest BCUT2D eigenvalue weighted by atomic mass is 10.1. The third-order valence-electron chi connectivity index (χ3n) is 4.57. The lowest BCUT2D eigenvalue weighted by molar-refractivity contribution is 0.0968. The number of nitrogen functional groups attached to an aromatic ring is 1. The Balaban J connectivity index is 1.53. The third-order valence-corrected chi connectivity index (χ3v) is 4.84. The molecule has 10 heteroatoms. The topological polar surface area (TPSA) is 129 Å². The quantitative estimate of drug-likeness (QED) is 0.506. The lowest BCUT2D eigenvalue weighted by Gasteiger charge is -2.20. The molecule has 0 saturated carbocycles. The molecule has 0 saturated heterocycles. The number of rotatable bonds is 7. The zero-order chi connectivity index (χ0) is 20.8. The summed E-state index contributed by atoms with van der Waals surface area (Å²) < 4.78 is 0. The minimum atomic E-state index is -0.446. The number of guanidine groups is 1. The van der Waals surface area contributed by atoms with Gasteiger partial charge in [0.1, 0.15) is 5.75 Å². The molecule has 0 spiro atoms. The number of nitrogens with zero attached hydrogens (tertiary/aromatic N) is 4. The zero-order valence-electron chi connectivity index (χ0n) is 16.2. The molecule has 1 amide bonds. The average Bonchev–Trinajstić information content (AvgIpc) is 3.15. The van der Waals surface area contributed by atoms with Gasteiger partial charge in [0.25, 0.3) is 5.91 Å². The fraction of sp³-hybridized carbons (Fsp3) is 0.368. The highest BCUT2D eigenvalue weighted by Crippen LogP contribution is 2.19. The van der Waals surface area contributed by atoms with Gasteiger partial charge in [-0.25, -0.2) is 9.97 Å². The Bertz CT molecular complexity index is 902. The summed E-state index contributed by atoms with van der Waals surface area (Å²) in [7, 11) is 1.63. The molecule has 0 bridgehead atoms. The van der Waals surface area contributed by atoms with Crippen LogP contribution in [0.2, 0.25) is 5.15 Å². The van der Waals surface area contributed by atoms with E-state index in [1.807, 2.05) is 17.0 Å². The first-order valence-electron chi connectivity index (χ1n) is 9.37. The maximum absolute atomic E-state index is 12.7. The van der Waals surface area contributed by atoms with Gasteiger partial charge in [-0.15, -0.1) is 0 Å². The van der Waals surface area contributed by atoms with Gasteiger partial charge in [-0.3, -0.25) is 15.1 Å². The number of amides is 1. The molecule has 0 radical (unpaired) electrons. The van der Waals surface area contributed by atoms with Crippen LogP contribution in [0.5, 0.6) is 5.75 Å². The highest BCUT2D eigenvalue weighted by atomic mass is 35.5. The molecule has 1 aromatic heterocycles. The van der Waals surface area contributed by atoms with Gasteiger partial charge in [0.2, 0.25) is 5.96 Å². The molecule has 0 fully saturated rings. The number of carbonyl (C=O) groups is 1. The Morgan fingerprint density at radius 1 is 1.28 bits per heavy atom. The van der Waals surface area contributed by atoms with Gasteiger partial charge in [-0.1, -0.05) is 23.7 Å². The van der Waals surface area contributed by atoms with Gasteiger partial charge in [-0.2, -0.15) is 0 Å². The molecule has 2 heterocycles. The van der Waals surface area contributed by atoms with Crippen LogP contribution in [0.15, 0.2) is 29.3 Å². The van der Waals surface area contributed by atoms with Gasteiger partial charge in [0.15, 0.2) is 22.5 Å². The van der Waals surface area contributed by atoms with Crippen LogP contribution in [0.1, 0.15) is 28.9 Å². The predicted octanol–water partition coefficient (Wildman–Crippen LogP) is 1.88. The largest absolute Gasteiger partial charge is 0.508 e. The molecular weight excluding hydrogens is 394 g/mol. The average molecular weight is 418 g/mol. The SMILES string of the molecule is CNc1nc(N)c(Cl)nc1C(=O)NC1=NCCN1CCCCc1ccc(O)cc1. The van der Waals surface area contributed by atoms with E-state index in [0.717, 1.165) is 32.4 Å². The Hall–Kier alpha value is -3.07. The summed E-state index contributed by atoms with van der Waals surface area (Å²) >= 11 is 5.91. The molecule has 3 rings (SSSR count).